The first-order chi connectivity index (χ1) is 14.5. The Morgan fingerprint density at radius 1 is 1.10 bits per heavy atom. The average Bonchev–Trinajstić information content (AvgIpc) is 3.04. The van der Waals surface area contributed by atoms with Crippen LogP contribution in [0.25, 0.3) is 0 Å². The number of carbonyl (C=O) groups excluding carboxylic acids is 2. The summed E-state index contributed by atoms with van der Waals surface area (Å²) >= 11 is 0. The van der Waals surface area contributed by atoms with Gasteiger partial charge in [0.2, 0.25) is 0 Å². The predicted octanol–water partition coefficient (Wildman–Crippen LogP) is 4.81. The van der Waals surface area contributed by atoms with Crippen LogP contribution in [0, 0.1) is 34.5 Å². The molecule has 3 saturated carbocycles. The molecule has 0 aromatic carbocycles. The van der Waals surface area contributed by atoms with Crippen molar-refractivity contribution in [3.8, 4) is 0 Å². The zero-order valence-electron chi connectivity index (χ0n) is 19.9. The summed E-state index contributed by atoms with van der Waals surface area (Å²) in [5.74, 6) is 1.57. The maximum absolute atomic E-state index is 11.4. The van der Waals surface area contributed by atoms with Crippen molar-refractivity contribution in [1.29, 1.82) is 0 Å². The summed E-state index contributed by atoms with van der Waals surface area (Å²) < 4.78 is 10.8. The van der Waals surface area contributed by atoms with Crippen LogP contribution in [0.2, 0.25) is 0 Å². The SMILES string of the molecule is CC(=O)OC[C@](C)(O)[C@H]1CC[C@H]2[C@@H]3CC=C4C[C@@H](OC(C)=O)CC[C@]4(C)[C@@H]3CC[C@@]21C. The highest BCUT2D eigenvalue weighted by Crippen LogP contribution is 2.67. The van der Waals surface area contributed by atoms with Crippen LogP contribution < -0.4 is 0 Å². The van der Waals surface area contributed by atoms with Crippen LogP contribution in [-0.2, 0) is 19.1 Å². The zero-order chi connectivity index (χ0) is 22.6. The van der Waals surface area contributed by atoms with E-state index in [-0.39, 0.29) is 41.4 Å². The Hall–Kier alpha value is -1.36. The van der Waals surface area contributed by atoms with Gasteiger partial charge >= 0.3 is 11.9 Å². The zero-order valence-corrected chi connectivity index (χ0v) is 19.9. The number of allylic oxidation sites excluding steroid dienone is 1. The van der Waals surface area contributed by atoms with Crippen molar-refractivity contribution in [2.45, 2.75) is 97.7 Å². The van der Waals surface area contributed by atoms with Gasteiger partial charge in [0, 0.05) is 20.3 Å². The number of rotatable bonds is 4. The van der Waals surface area contributed by atoms with Crippen LogP contribution in [0.3, 0.4) is 0 Å². The van der Waals surface area contributed by atoms with E-state index in [0.29, 0.717) is 17.8 Å². The molecule has 5 heteroatoms. The summed E-state index contributed by atoms with van der Waals surface area (Å²) in [6, 6.07) is 0. The van der Waals surface area contributed by atoms with Gasteiger partial charge in [-0.25, -0.2) is 0 Å². The first-order valence-electron chi connectivity index (χ1n) is 12.2. The number of carbonyl (C=O) groups is 2. The lowest BCUT2D eigenvalue weighted by atomic mass is 9.47. The highest BCUT2D eigenvalue weighted by Gasteiger charge is 2.61. The molecule has 8 atom stereocenters. The third-order valence-corrected chi connectivity index (χ3v) is 9.71. The van der Waals surface area contributed by atoms with Gasteiger partial charge < -0.3 is 14.6 Å². The highest BCUT2D eigenvalue weighted by molar-refractivity contribution is 5.66. The Labute approximate surface area is 186 Å². The van der Waals surface area contributed by atoms with E-state index in [1.165, 1.54) is 25.8 Å². The molecule has 0 unspecified atom stereocenters. The molecule has 1 N–H and O–H groups in total. The first kappa shape index (κ1) is 22.8. The van der Waals surface area contributed by atoms with E-state index in [1.807, 2.05) is 6.92 Å². The van der Waals surface area contributed by atoms with Crippen LogP contribution >= 0.6 is 0 Å². The van der Waals surface area contributed by atoms with E-state index in [4.69, 9.17) is 9.47 Å². The van der Waals surface area contributed by atoms with Crippen LogP contribution in [0.5, 0.6) is 0 Å². The minimum atomic E-state index is -0.982. The number of fused-ring (bicyclic) bond motifs is 5. The number of aliphatic hydroxyl groups is 1. The number of hydrogen-bond acceptors (Lipinski definition) is 5. The van der Waals surface area contributed by atoms with Gasteiger partial charge in [0.05, 0.1) is 5.60 Å². The molecule has 0 saturated heterocycles. The fourth-order valence-electron chi connectivity index (χ4n) is 8.33. The van der Waals surface area contributed by atoms with Gasteiger partial charge in [-0.15, -0.1) is 0 Å². The summed E-state index contributed by atoms with van der Waals surface area (Å²) in [5.41, 5.74) is 0.816. The second-order valence-corrected chi connectivity index (χ2v) is 11.5. The molecule has 0 bridgehead atoms. The van der Waals surface area contributed by atoms with Gasteiger partial charge in [-0.3, -0.25) is 9.59 Å². The third-order valence-electron chi connectivity index (χ3n) is 9.71. The second-order valence-electron chi connectivity index (χ2n) is 11.5. The maximum Gasteiger partial charge on any atom is 0.302 e. The van der Waals surface area contributed by atoms with Crippen molar-refractivity contribution in [3.05, 3.63) is 11.6 Å². The Morgan fingerprint density at radius 2 is 1.84 bits per heavy atom. The Balaban J connectivity index is 1.54. The smallest absolute Gasteiger partial charge is 0.302 e. The van der Waals surface area contributed by atoms with Gasteiger partial charge in [-0.1, -0.05) is 25.5 Å². The molecule has 174 valence electrons. The molecule has 0 spiro atoms. The van der Waals surface area contributed by atoms with Crippen molar-refractivity contribution >= 4 is 11.9 Å². The minimum Gasteiger partial charge on any atom is -0.463 e. The fourth-order valence-corrected chi connectivity index (χ4v) is 8.33. The Bertz CT molecular complexity index is 770. The summed E-state index contributed by atoms with van der Waals surface area (Å²) in [6.45, 7) is 9.69. The van der Waals surface area contributed by atoms with E-state index in [1.54, 1.807) is 0 Å². The Kier molecular flexibility index (Phi) is 5.81. The molecular weight excluding hydrogens is 392 g/mol. The van der Waals surface area contributed by atoms with Crippen LogP contribution in [0.4, 0.5) is 0 Å². The number of esters is 2. The average molecular weight is 433 g/mol. The number of ether oxygens (including phenoxy) is 2. The minimum absolute atomic E-state index is 0.0365. The molecule has 0 radical (unpaired) electrons. The molecule has 0 heterocycles. The summed E-state index contributed by atoms with van der Waals surface area (Å²) in [6.07, 6.45) is 11.0. The van der Waals surface area contributed by atoms with E-state index < -0.39 is 5.60 Å². The van der Waals surface area contributed by atoms with Gasteiger partial charge in [0.25, 0.3) is 0 Å². The van der Waals surface area contributed by atoms with Crippen molar-refractivity contribution in [1.82, 2.24) is 0 Å². The predicted molar refractivity (Wildman–Crippen MR) is 118 cm³/mol. The Morgan fingerprint density at radius 3 is 2.52 bits per heavy atom. The summed E-state index contributed by atoms with van der Waals surface area (Å²) in [4.78, 5) is 22.8. The quantitative estimate of drug-likeness (QED) is 0.510. The molecule has 0 aromatic heterocycles. The van der Waals surface area contributed by atoms with Crippen LogP contribution in [0.1, 0.15) is 86.0 Å². The first-order valence-corrected chi connectivity index (χ1v) is 12.2. The van der Waals surface area contributed by atoms with Crippen LogP contribution in [-0.4, -0.2) is 35.4 Å². The van der Waals surface area contributed by atoms with Gasteiger partial charge in [0.15, 0.2) is 0 Å². The molecule has 3 fully saturated rings. The number of hydrogen-bond donors (Lipinski definition) is 1. The molecule has 0 aromatic rings. The summed E-state index contributed by atoms with van der Waals surface area (Å²) in [5, 5.41) is 11.3. The van der Waals surface area contributed by atoms with Gasteiger partial charge in [-0.2, -0.15) is 0 Å². The second kappa shape index (κ2) is 7.90. The molecule has 0 amide bonds. The van der Waals surface area contributed by atoms with Crippen molar-refractivity contribution in [3.63, 3.8) is 0 Å². The van der Waals surface area contributed by atoms with E-state index in [0.717, 1.165) is 44.9 Å². The molecule has 4 aliphatic rings. The molecule has 31 heavy (non-hydrogen) atoms. The lowest BCUT2D eigenvalue weighted by molar-refractivity contribution is -0.159. The van der Waals surface area contributed by atoms with E-state index in [9.17, 15) is 14.7 Å². The maximum atomic E-state index is 11.4. The fraction of sp³-hybridized carbons (Fsp3) is 0.846. The highest BCUT2D eigenvalue weighted by atomic mass is 16.5. The molecule has 4 rings (SSSR count). The van der Waals surface area contributed by atoms with Crippen molar-refractivity contribution < 1.29 is 24.2 Å². The van der Waals surface area contributed by atoms with Crippen LogP contribution in [0.15, 0.2) is 11.6 Å². The molecule has 0 aliphatic heterocycles. The standard InChI is InChI=1S/C26H40O5/c1-16(27)30-15-26(5,29)23-9-8-21-20-7-6-18-14-19(31-17(2)28)10-12-24(18,3)22(20)11-13-25(21,23)4/h6,19-23,29H,7-15H2,1-5H3/t19-,20-,21-,22+,23-,24-,25-,26-/m0/s1. The lowest BCUT2D eigenvalue weighted by Gasteiger charge is -2.58. The van der Waals surface area contributed by atoms with E-state index in [2.05, 4.69) is 19.9 Å². The van der Waals surface area contributed by atoms with Crippen molar-refractivity contribution in [2.24, 2.45) is 34.5 Å². The van der Waals surface area contributed by atoms with Crippen molar-refractivity contribution in [2.75, 3.05) is 6.61 Å². The molecule has 5 nitrogen and oxygen atoms in total. The van der Waals surface area contributed by atoms with E-state index >= 15 is 0 Å². The molecular formula is C26H40O5. The largest absolute Gasteiger partial charge is 0.463 e. The van der Waals surface area contributed by atoms with Gasteiger partial charge in [0.1, 0.15) is 12.7 Å². The topological polar surface area (TPSA) is 72.8 Å². The monoisotopic (exact) mass is 432 g/mol. The molecule has 4 aliphatic carbocycles. The summed E-state index contributed by atoms with van der Waals surface area (Å²) in [7, 11) is 0. The lowest BCUT2D eigenvalue weighted by Crippen LogP contribution is -2.54. The van der Waals surface area contributed by atoms with Gasteiger partial charge in [-0.05, 0) is 86.4 Å². The normalized spacial score (nSPS) is 43.5. The third kappa shape index (κ3) is 3.85.